The van der Waals surface area contributed by atoms with E-state index in [0.717, 1.165) is 6.07 Å². The lowest BCUT2D eigenvalue weighted by Gasteiger charge is -2.07. The van der Waals surface area contributed by atoms with E-state index in [9.17, 15) is 14.0 Å². The lowest BCUT2D eigenvalue weighted by molar-refractivity contribution is -0.114. The van der Waals surface area contributed by atoms with Crippen LogP contribution in [-0.2, 0) is 4.79 Å². The molecule has 108 valence electrons. The first-order chi connectivity index (χ1) is 9.95. The number of aromatic nitrogens is 1. The monoisotopic (exact) mass is 307 g/mol. The zero-order chi connectivity index (χ0) is 15.4. The molecule has 0 saturated carbocycles. The largest absolute Gasteiger partial charge is 0.322 e. The minimum atomic E-state index is -0.563. The zero-order valence-electron chi connectivity index (χ0n) is 11.0. The molecule has 1 aromatic carbocycles. The molecule has 0 atom stereocenters. The Morgan fingerprint density at radius 3 is 2.62 bits per heavy atom. The van der Waals surface area contributed by atoms with Crippen LogP contribution in [0.5, 0.6) is 0 Å². The molecule has 0 bridgehead atoms. The normalized spacial score (nSPS) is 10.0. The van der Waals surface area contributed by atoms with Crippen LogP contribution in [0, 0.1) is 5.82 Å². The molecular weight excluding hydrogens is 297 g/mol. The standard InChI is InChI=1S/C14H11ClFN3O2/c1-8(20)18-13-6-9(4-5-17-13)14(21)19-10-2-3-12(16)11(15)7-10/h2-7H,1H3,(H,19,21)(H,17,18,20). The van der Waals surface area contributed by atoms with Crippen LogP contribution >= 0.6 is 11.6 Å². The maximum absolute atomic E-state index is 13.0. The van der Waals surface area contributed by atoms with Crippen molar-refractivity contribution >= 4 is 34.9 Å². The number of pyridine rings is 1. The Labute approximate surface area is 125 Å². The second-order valence-corrected chi connectivity index (χ2v) is 4.60. The van der Waals surface area contributed by atoms with Gasteiger partial charge in [-0.25, -0.2) is 9.37 Å². The fourth-order valence-corrected chi connectivity index (χ4v) is 1.78. The lowest BCUT2D eigenvalue weighted by Crippen LogP contribution is -2.14. The van der Waals surface area contributed by atoms with Gasteiger partial charge in [0, 0.05) is 24.4 Å². The quantitative estimate of drug-likeness (QED) is 0.915. The van der Waals surface area contributed by atoms with E-state index in [1.54, 1.807) is 0 Å². The number of carbonyl (C=O) groups is 2. The van der Waals surface area contributed by atoms with Crippen molar-refractivity contribution in [3.63, 3.8) is 0 Å². The molecule has 0 aliphatic heterocycles. The van der Waals surface area contributed by atoms with Gasteiger partial charge in [-0.05, 0) is 30.3 Å². The highest BCUT2D eigenvalue weighted by molar-refractivity contribution is 6.31. The van der Waals surface area contributed by atoms with Crippen LogP contribution in [0.4, 0.5) is 15.9 Å². The minimum Gasteiger partial charge on any atom is -0.322 e. The Kier molecular flexibility index (Phi) is 4.49. The van der Waals surface area contributed by atoms with Gasteiger partial charge in [-0.2, -0.15) is 0 Å². The summed E-state index contributed by atoms with van der Waals surface area (Å²) in [6.07, 6.45) is 1.40. The molecule has 1 heterocycles. The third-order valence-corrected chi connectivity index (χ3v) is 2.79. The average Bonchev–Trinajstić information content (AvgIpc) is 2.42. The molecular formula is C14H11ClFN3O2. The molecule has 5 nitrogen and oxygen atoms in total. The van der Waals surface area contributed by atoms with Crippen LogP contribution in [0.3, 0.4) is 0 Å². The number of anilines is 2. The maximum Gasteiger partial charge on any atom is 0.255 e. The Morgan fingerprint density at radius 1 is 1.19 bits per heavy atom. The molecule has 0 unspecified atom stereocenters. The fourth-order valence-electron chi connectivity index (χ4n) is 1.60. The van der Waals surface area contributed by atoms with E-state index in [1.165, 1.54) is 37.4 Å². The second-order valence-electron chi connectivity index (χ2n) is 4.19. The highest BCUT2D eigenvalue weighted by atomic mass is 35.5. The molecule has 2 amide bonds. The number of carbonyl (C=O) groups excluding carboxylic acids is 2. The van der Waals surface area contributed by atoms with Crippen molar-refractivity contribution in [3.05, 3.63) is 52.9 Å². The van der Waals surface area contributed by atoms with E-state index in [1.807, 2.05) is 0 Å². The number of rotatable bonds is 3. The number of halogens is 2. The molecule has 2 N–H and O–H groups in total. The third-order valence-electron chi connectivity index (χ3n) is 2.50. The van der Waals surface area contributed by atoms with Crippen LogP contribution in [0.1, 0.15) is 17.3 Å². The van der Waals surface area contributed by atoms with Gasteiger partial charge in [-0.1, -0.05) is 11.6 Å². The first-order valence-electron chi connectivity index (χ1n) is 5.96. The summed E-state index contributed by atoms with van der Waals surface area (Å²) in [7, 11) is 0. The Balaban J connectivity index is 2.16. The first-order valence-corrected chi connectivity index (χ1v) is 6.33. The van der Waals surface area contributed by atoms with Gasteiger partial charge in [-0.15, -0.1) is 0 Å². The summed E-state index contributed by atoms with van der Waals surface area (Å²) in [6.45, 7) is 1.34. The van der Waals surface area contributed by atoms with Crippen LogP contribution in [0.25, 0.3) is 0 Å². The topological polar surface area (TPSA) is 71.1 Å². The minimum absolute atomic E-state index is 0.0820. The smallest absolute Gasteiger partial charge is 0.255 e. The zero-order valence-corrected chi connectivity index (χ0v) is 11.7. The van der Waals surface area contributed by atoms with Crippen LogP contribution < -0.4 is 10.6 Å². The Morgan fingerprint density at radius 2 is 1.95 bits per heavy atom. The number of amides is 2. The van der Waals surface area contributed by atoms with Gasteiger partial charge in [0.25, 0.3) is 5.91 Å². The molecule has 0 saturated heterocycles. The molecule has 0 radical (unpaired) electrons. The second kappa shape index (κ2) is 6.32. The van der Waals surface area contributed by atoms with Crippen molar-refractivity contribution in [2.45, 2.75) is 6.92 Å². The summed E-state index contributed by atoms with van der Waals surface area (Å²) in [6, 6.07) is 6.79. The van der Waals surface area contributed by atoms with E-state index in [4.69, 9.17) is 11.6 Å². The molecule has 0 aliphatic carbocycles. The molecule has 0 spiro atoms. The van der Waals surface area contributed by atoms with Gasteiger partial charge in [0.1, 0.15) is 11.6 Å². The maximum atomic E-state index is 13.0. The summed E-state index contributed by atoms with van der Waals surface area (Å²) in [4.78, 5) is 26.9. The number of hydrogen-bond acceptors (Lipinski definition) is 3. The van der Waals surface area contributed by atoms with Crippen molar-refractivity contribution in [3.8, 4) is 0 Å². The summed E-state index contributed by atoms with van der Waals surface area (Å²) in [5.74, 6) is -1.00. The number of nitrogens with zero attached hydrogens (tertiary/aromatic N) is 1. The number of nitrogens with one attached hydrogen (secondary N) is 2. The summed E-state index contributed by atoms with van der Waals surface area (Å²) < 4.78 is 13.0. The highest BCUT2D eigenvalue weighted by Crippen LogP contribution is 2.20. The molecule has 21 heavy (non-hydrogen) atoms. The SMILES string of the molecule is CC(=O)Nc1cc(C(=O)Nc2ccc(F)c(Cl)c2)ccn1. The summed E-state index contributed by atoms with van der Waals surface area (Å²) in [5, 5.41) is 4.97. The Bertz CT molecular complexity index is 706. The van der Waals surface area contributed by atoms with Crippen LogP contribution in [-0.4, -0.2) is 16.8 Å². The highest BCUT2D eigenvalue weighted by Gasteiger charge is 2.09. The van der Waals surface area contributed by atoms with Gasteiger partial charge >= 0.3 is 0 Å². The van der Waals surface area contributed by atoms with Gasteiger partial charge in [-0.3, -0.25) is 9.59 Å². The van der Waals surface area contributed by atoms with Gasteiger partial charge in [0.2, 0.25) is 5.91 Å². The van der Waals surface area contributed by atoms with Crippen molar-refractivity contribution in [1.29, 1.82) is 0 Å². The van der Waals surface area contributed by atoms with Crippen molar-refractivity contribution in [2.24, 2.45) is 0 Å². The molecule has 1 aromatic heterocycles. The number of hydrogen-bond donors (Lipinski definition) is 2. The summed E-state index contributed by atoms with van der Waals surface area (Å²) in [5.41, 5.74) is 0.665. The van der Waals surface area contributed by atoms with Crippen molar-refractivity contribution in [1.82, 2.24) is 4.98 Å². The van der Waals surface area contributed by atoms with E-state index in [2.05, 4.69) is 15.6 Å². The van der Waals surface area contributed by atoms with Crippen LogP contribution in [0.2, 0.25) is 5.02 Å². The van der Waals surface area contributed by atoms with Crippen LogP contribution in [0.15, 0.2) is 36.5 Å². The van der Waals surface area contributed by atoms with E-state index in [-0.39, 0.29) is 16.7 Å². The molecule has 0 fully saturated rings. The van der Waals surface area contributed by atoms with Crippen molar-refractivity contribution in [2.75, 3.05) is 10.6 Å². The third kappa shape index (κ3) is 4.00. The Hall–Kier alpha value is -2.47. The van der Waals surface area contributed by atoms with E-state index >= 15 is 0 Å². The predicted molar refractivity (Wildman–Crippen MR) is 77.9 cm³/mol. The first kappa shape index (κ1) is 14.9. The molecule has 0 aliphatic rings. The number of benzene rings is 1. The average molecular weight is 308 g/mol. The van der Waals surface area contributed by atoms with E-state index < -0.39 is 11.7 Å². The van der Waals surface area contributed by atoms with Gasteiger partial charge in [0.15, 0.2) is 0 Å². The lowest BCUT2D eigenvalue weighted by atomic mass is 10.2. The molecule has 2 aromatic rings. The predicted octanol–water partition coefficient (Wildman–Crippen LogP) is 3.08. The van der Waals surface area contributed by atoms with Crippen molar-refractivity contribution < 1.29 is 14.0 Å². The summed E-state index contributed by atoms with van der Waals surface area (Å²) >= 11 is 5.64. The fraction of sp³-hybridized carbons (Fsp3) is 0.0714. The van der Waals surface area contributed by atoms with E-state index in [0.29, 0.717) is 11.3 Å². The van der Waals surface area contributed by atoms with Gasteiger partial charge in [0.05, 0.1) is 5.02 Å². The van der Waals surface area contributed by atoms with Gasteiger partial charge < -0.3 is 10.6 Å². The molecule has 7 heteroatoms. The molecule has 2 rings (SSSR count).